The number of aromatic nitrogens is 2. The van der Waals surface area contributed by atoms with E-state index in [0.29, 0.717) is 6.61 Å². The molecule has 2 N–H and O–H groups in total. The van der Waals surface area contributed by atoms with Gasteiger partial charge in [0, 0.05) is 28.0 Å². The van der Waals surface area contributed by atoms with Crippen LogP contribution in [0.2, 0.25) is 0 Å². The molecule has 0 spiro atoms. The number of aryl methyl sites for hydroxylation is 1. The highest BCUT2D eigenvalue weighted by atomic mass is 16.5. The molecule has 1 aliphatic rings. The fourth-order valence-corrected chi connectivity index (χ4v) is 4.61. The van der Waals surface area contributed by atoms with Crippen molar-refractivity contribution >= 4 is 27.8 Å². The molecule has 4 aromatic rings. The summed E-state index contributed by atoms with van der Waals surface area (Å²) < 4.78 is 6.02. The van der Waals surface area contributed by atoms with Crippen LogP contribution in [0.25, 0.3) is 21.8 Å². The van der Waals surface area contributed by atoms with E-state index in [1.165, 1.54) is 11.3 Å². The van der Waals surface area contributed by atoms with E-state index in [2.05, 4.69) is 22.1 Å². The summed E-state index contributed by atoms with van der Waals surface area (Å²) in [7, 11) is 0. The summed E-state index contributed by atoms with van der Waals surface area (Å²) in [6.45, 7) is 0.401. The van der Waals surface area contributed by atoms with Gasteiger partial charge in [0.05, 0.1) is 17.6 Å². The van der Waals surface area contributed by atoms with E-state index in [-0.39, 0.29) is 12.3 Å². The largest absolute Gasteiger partial charge is 0.487 e. The van der Waals surface area contributed by atoms with Crippen molar-refractivity contribution < 1.29 is 14.6 Å². The zero-order valence-electron chi connectivity index (χ0n) is 16.7. The first kappa shape index (κ1) is 18.7. The van der Waals surface area contributed by atoms with E-state index in [0.717, 1.165) is 58.9 Å². The molecule has 0 aliphatic heterocycles. The van der Waals surface area contributed by atoms with Crippen LogP contribution in [-0.4, -0.2) is 21.0 Å². The molecule has 0 saturated heterocycles. The van der Waals surface area contributed by atoms with Gasteiger partial charge in [0.25, 0.3) is 0 Å². The number of hydrogen-bond acceptors (Lipinski definition) is 3. The minimum absolute atomic E-state index is 0.0716. The van der Waals surface area contributed by atoms with Gasteiger partial charge in [0.15, 0.2) is 0 Å². The van der Waals surface area contributed by atoms with Gasteiger partial charge in [-0.2, -0.15) is 0 Å². The van der Waals surface area contributed by atoms with Crippen LogP contribution >= 0.6 is 0 Å². The van der Waals surface area contributed by atoms with Crippen LogP contribution in [0.3, 0.4) is 0 Å². The van der Waals surface area contributed by atoms with Gasteiger partial charge in [0.1, 0.15) is 12.4 Å². The number of carboxylic acid groups (broad SMARTS) is 1. The molecule has 1 unspecified atom stereocenters. The molecule has 0 saturated carbocycles. The number of carbonyl (C=O) groups is 1. The lowest BCUT2D eigenvalue weighted by Crippen LogP contribution is -2.06. The van der Waals surface area contributed by atoms with E-state index < -0.39 is 5.97 Å². The molecular formula is C25H24N2O3. The number of nitrogens with zero attached hydrogens (tertiary/aromatic N) is 1. The molecule has 5 nitrogen and oxygen atoms in total. The number of aliphatic carboxylic acids is 1. The lowest BCUT2D eigenvalue weighted by molar-refractivity contribution is -0.137. The minimum atomic E-state index is -0.731. The molecule has 0 radical (unpaired) electrons. The second-order valence-electron chi connectivity index (χ2n) is 8.05. The number of hydrogen-bond donors (Lipinski definition) is 2. The number of pyridine rings is 1. The maximum absolute atomic E-state index is 11.4. The van der Waals surface area contributed by atoms with Crippen molar-refractivity contribution in [2.45, 2.75) is 44.6 Å². The Kier molecular flexibility index (Phi) is 4.87. The molecule has 5 heteroatoms. The Balaban J connectivity index is 1.40. The van der Waals surface area contributed by atoms with Gasteiger partial charge in [-0.25, -0.2) is 4.98 Å². The molecule has 30 heavy (non-hydrogen) atoms. The van der Waals surface area contributed by atoms with E-state index in [1.54, 1.807) is 0 Å². The van der Waals surface area contributed by atoms with E-state index in [1.807, 2.05) is 42.5 Å². The molecule has 5 rings (SSSR count). The summed E-state index contributed by atoms with van der Waals surface area (Å²) in [5.41, 5.74) is 5.24. The number of H-pyrrole nitrogens is 1. The van der Waals surface area contributed by atoms with Gasteiger partial charge >= 0.3 is 5.97 Å². The third-order valence-electron chi connectivity index (χ3n) is 5.99. The average molecular weight is 400 g/mol. The van der Waals surface area contributed by atoms with Gasteiger partial charge < -0.3 is 14.8 Å². The Labute approximate surface area is 174 Å². The lowest BCUT2D eigenvalue weighted by atomic mass is 9.90. The number of aromatic amines is 1. The van der Waals surface area contributed by atoms with Gasteiger partial charge in [-0.05, 0) is 55.0 Å². The van der Waals surface area contributed by atoms with Crippen LogP contribution < -0.4 is 4.74 Å². The maximum atomic E-state index is 11.4. The van der Waals surface area contributed by atoms with Crippen molar-refractivity contribution in [2.75, 3.05) is 0 Å². The monoisotopic (exact) mass is 400 g/mol. The fourth-order valence-electron chi connectivity index (χ4n) is 4.61. The third kappa shape index (κ3) is 3.63. The molecule has 2 heterocycles. The summed E-state index contributed by atoms with van der Waals surface area (Å²) in [5, 5.41) is 11.6. The molecule has 1 atom stereocenters. The zero-order valence-corrected chi connectivity index (χ0v) is 16.7. The molecular weight excluding hydrogens is 376 g/mol. The quantitative estimate of drug-likeness (QED) is 0.429. The van der Waals surface area contributed by atoms with Crippen molar-refractivity contribution in [2.24, 2.45) is 0 Å². The highest BCUT2D eigenvalue weighted by molar-refractivity contribution is 5.87. The molecule has 0 fully saturated rings. The van der Waals surface area contributed by atoms with E-state index >= 15 is 0 Å². The van der Waals surface area contributed by atoms with Crippen molar-refractivity contribution in [1.82, 2.24) is 9.97 Å². The van der Waals surface area contributed by atoms with Gasteiger partial charge in [-0.1, -0.05) is 30.7 Å². The molecule has 152 valence electrons. The van der Waals surface area contributed by atoms with Crippen LogP contribution in [-0.2, 0) is 17.8 Å². The Morgan fingerprint density at radius 2 is 2.03 bits per heavy atom. The number of nitrogens with one attached hydrogen (secondary N) is 1. The molecule has 2 aromatic carbocycles. The molecule has 0 bridgehead atoms. The maximum Gasteiger partial charge on any atom is 0.303 e. The summed E-state index contributed by atoms with van der Waals surface area (Å²) in [5.74, 6) is 0.121. The number of rotatable bonds is 5. The Morgan fingerprint density at radius 1 is 1.13 bits per heavy atom. The smallest absolute Gasteiger partial charge is 0.303 e. The molecule has 0 amide bonds. The predicted molar refractivity (Wildman–Crippen MR) is 117 cm³/mol. The van der Waals surface area contributed by atoms with Crippen molar-refractivity contribution in [1.29, 1.82) is 0 Å². The van der Waals surface area contributed by atoms with Gasteiger partial charge in [0.2, 0.25) is 0 Å². The number of ether oxygens (including phenoxy) is 1. The first-order valence-electron chi connectivity index (χ1n) is 10.5. The minimum Gasteiger partial charge on any atom is -0.487 e. The Bertz CT molecular complexity index is 1230. The zero-order chi connectivity index (χ0) is 20.5. The standard InChI is InChI=1S/C25H24N2O3/c28-24(29)13-17-6-2-4-8-22-25(17)20-12-11-19(14-23(20)27-22)30-15-18-10-9-16-5-1-3-7-21(16)26-18/h1,3,5,7,9-12,14,17,27H,2,4,6,8,13,15H2,(H,28,29). The van der Waals surface area contributed by atoms with Gasteiger partial charge in [-0.3, -0.25) is 4.79 Å². The van der Waals surface area contributed by atoms with Crippen LogP contribution in [0.5, 0.6) is 5.75 Å². The van der Waals surface area contributed by atoms with Gasteiger partial charge in [-0.15, -0.1) is 0 Å². The number of carboxylic acids is 1. The average Bonchev–Trinajstić information content (AvgIpc) is 3.00. The summed E-state index contributed by atoms with van der Waals surface area (Å²) >= 11 is 0. The number of fused-ring (bicyclic) bond motifs is 4. The lowest BCUT2D eigenvalue weighted by Gasteiger charge is -2.13. The topological polar surface area (TPSA) is 75.2 Å². The first-order chi connectivity index (χ1) is 14.7. The van der Waals surface area contributed by atoms with Crippen molar-refractivity contribution in [3.63, 3.8) is 0 Å². The highest BCUT2D eigenvalue weighted by Crippen LogP contribution is 2.39. The first-order valence-corrected chi connectivity index (χ1v) is 10.5. The van der Waals surface area contributed by atoms with Crippen LogP contribution in [0, 0.1) is 0 Å². The van der Waals surface area contributed by atoms with Crippen molar-refractivity contribution in [3.05, 3.63) is 71.5 Å². The molecule has 1 aliphatic carbocycles. The highest BCUT2D eigenvalue weighted by Gasteiger charge is 2.25. The number of benzene rings is 2. The summed E-state index contributed by atoms with van der Waals surface area (Å²) in [6, 6.07) is 18.2. The van der Waals surface area contributed by atoms with E-state index in [4.69, 9.17) is 4.74 Å². The SMILES string of the molecule is O=C(O)CC1CCCCc2[nH]c3cc(OCc4ccc5ccccc5n4)ccc3c21. The fraction of sp³-hybridized carbons (Fsp3) is 0.280. The van der Waals surface area contributed by atoms with Crippen LogP contribution in [0.4, 0.5) is 0 Å². The van der Waals surface area contributed by atoms with Crippen LogP contribution in [0.15, 0.2) is 54.6 Å². The van der Waals surface area contributed by atoms with E-state index in [9.17, 15) is 9.90 Å². The van der Waals surface area contributed by atoms with Crippen LogP contribution in [0.1, 0.15) is 48.6 Å². The predicted octanol–water partition coefficient (Wildman–Crippen LogP) is 5.58. The second-order valence-corrected chi connectivity index (χ2v) is 8.05. The Hall–Kier alpha value is -3.34. The normalized spacial score (nSPS) is 16.3. The summed E-state index contributed by atoms with van der Waals surface area (Å²) in [4.78, 5) is 19.6. The van der Waals surface area contributed by atoms with Crippen molar-refractivity contribution in [3.8, 4) is 5.75 Å². The molecule has 2 aromatic heterocycles. The number of para-hydroxylation sites is 1. The summed E-state index contributed by atoms with van der Waals surface area (Å²) in [6.07, 6.45) is 4.25. The second kappa shape index (κ2) is 7.82. The Morgan fingerprint density at radius 3 is 2.93 bits per heavy atom. The third-order valence-corrected chi connectivity index (χ3v) is 5.99.